The van der Waals surface area contributed by atoms with Crippen LogP contribution >= 0.6 is 0 Å². The Hall–Kier alpha value is -0.860. The van der Waals surface area contributed by atoms with E-state index in [2.05, 4.69) is 57.3 Å². The third kappa shape index (κ3) is 5.80. The van der Waals surface area contributed by atoms with Gasteiger partial charge in [0.2, 0.25) is 0 Å². The summed E-state index contributed by atoms with van der Waals surface area (Å²) in [7, 11) is 0. The Balaban J connectivity index is 2.70. The number of rotatable bonds is 10. The summed E-state index contributed by atoms with van der Waals surface area (Å²) in [5, 5.41) is 14.4. The third-order valence-corrected chi connectivity index (χ3v) is 4.68. The molecule has 0 radical (unpaired) electrons. The van der Waals surface area contributed by atoms with Gasteiger partial charge in [-0.15, -0.1) is 0 Å². The molecule has 0 aliphatic rings. The van der Waals surface area contributed by atoms with E-state index in [1.54, 1.807) is 0 Å². The lowest BCUT2D eigenvalue weighted by Gasteiger charge is -2.34. The van der Waals surface area contributed by atoms with Crippen molar-refractivity contribution in [2.24, 2.45) is 11.8 Å². The second-order valence-corrected chi connectivity index (χ2v) is 6.23. The van der Waals surface area contributed by atoms with Crippen molar-refractivity contribution in [1.29, 1.82) is 0 Å². The van der Waals surface area contributed by atoms with E-state index in [9.17, 15) is 5.11 Å². The summed E-state index contributed by atoms with van der Waals surface area (Å²) >= 11 is 0. The quantitative estimate of drug-likeness (QED) is 0.670. The Labute approximate surface area is 131 Å². The molecular formula is C19H33NO. The highest BCUT2D eigenvalue weighted by molar-refractivity contribution is 5.14. The van der Waals surface area contributed by atoms with E-state index in [-0.39, 0.29) is 12.1 Å². The van der Waals surface area contributed by atoms with Crippen molar-refractivity contribution in [2.45, 2.75) is 72.1 Å². The van der Waals surface area contributed by atoms with E-state index >= 15 is 0 Å². The molecule has 0 saturated heterocycles. The maximum atomic E-state index is 10.8. The smallest absolute Gasteiger partial charge is 0.0723 e. The summed E-state index contributed by atoms with van der Waals surface area (Å²) in [6, 6.07) is 10.6. The van der Waals surface area contributed by atoms with E-state index in [1.807, 2.05) is 6.07 Å². The lowest BCUT2D eigenvalue weighted by atomic mass is 9.83. The minimum Gasteiger partial charge on any atom is -0.391 e. The van der Waals surface area contributed by atoms with Gasteiger partial charge in [-0.25, -0.2) is 0 Å². The largest absolute Gasteiger partial charge is 0.391 e. The number of nitrogens with one attached hydrogen (secondary N) is 1. The number of hydrogen-bond acceptors (Lipinski definition) is 2. The van der Waals surface area contributed by atoms with Crippen LogP contribution in [0.15, 0.2) is 30.3 Å². The van der Waals surface area contributed by atoms with Gasteiger partial charge in [0.1, 0.15) is 0 Å². The van der Waals surface area contributed by atoms with Crippen LogP contribution in [0.2, 0.25) is 0 Å². The van der Waals surface area contributed by atoms with Crippen molar-refractivity contribution in [3.05, 3.63) is 35.9 Å². The van der Waals surface area contributed by atoms with Crippen LogP contribution in [-0.2, 0) is 6.54 Å². The Morgan fingerprint density at radius 2 is 1.71 bits per heavy atom. The Kier molecular flexibility index (Phi) is 8.63. The second-order valence-electron chi connectivity index (χ2n) is 6.23. The van der Waals surface area contributed by atoms with Gasteiger partial charge in [-0.1, -0.05) is 77.3 Å². The van der Waals surface area contributed by atoms with Crippen LogP contribution in [0.5, 0.6) is 0 Å². The van der Waals surface area contributed by atoms with Crippen molar-refractivity contribution in [1.82, 2.24) is 5.32 Å². The van der Waals surface area contributed by atoms with Gasteiger partial charge in [0.05, 0.1) is 6.10 Å². The van der Waals surface area contributed by atoms with Gasteiger partial charge in [0.25, 0.3) is 0 Å². The molecule has 0 fully saturated rings. The SMILES string of the molecule is CCCC(CC)C(O)C(NCc1ccccc1)C(C)CC. The molecule has 2 heteroatoms. The van der Waals surface area contributed by atoms with E-state index in [1.165, 1.54) is 5.56 Å². The fourth-order valence-electron chi connectivity index (χ4n) is 3.02. The normalized spacial score (nSPS) is 17.2. The molecule has 0 amide bonds. The average molecular weight is 291 g/mol. The van der Waals surface area contributed by atoms with Gasteiger partial charge in [0, 0.05) is 12.6 Å². The Bertz CT molecular complexity index is 365. The summed E-state index contributed by atoms with van der Waals surface area (Å²) in [5.74, 6) is 0.881. The summed E-state index contributed by atoms with van der Waals surface area (Å²) in [6.45, 7) is 9.66. The van der Waals surface area contributed by atoms with Crippen LogP contribution < -0.4 is 5.32 Å². The van der Waals surface area contributed by atoms with Crippen LogP contribution in [0.4, 0.5) is 0 Å². The highest BCUT2D eigenvalue weighted by Gasteiger charge is 2.29. The molecule has 1 rings (SSSR count). The molecule has 0 aliphatic carbocycles. The van der Waals surface area contributed by atoms with Crippen LogP contribution in [0.1, 0.15) is 58.9 Å². The molecule has 21 heavy (non-hydrogen) atoms. The first-order valence-corrected chi connectivity index (χ1v) is 8.59. The molecular weight excluding hydrogens is 258 g/mol. The Morgan fingerprint density at radius 1 is 1.05 bits per heavy atom. The molecule has 2 nitrogen and oxygen atoms in total. The van der Waals surface area contributed by atoms with Crippen molar-refractivity contribution < 1.29 is 5.11 Å². The van der Waals surface area contributed by atoms with E-state index < -0.39 is 0 Å². The highest BCUT2D eigenvalue weighted by Crippen LogP contribution is 2.23. The van der Waals surface area contributed by atoms with E-state index in [0.29, 0.717) is 11.8 Å². The molecule has 0 spiro atoms. The van der Waals surface area contributed by atoms with Crippen molar-refractivity contribution in [2.75, 3.05) is 0 Å². The van der Waals surface area contributed by atoms with E-state index in [4.69, 9.17) is 0 Å². The van der Waals surface area contributed by atoms with Gasteiger partial charge in [0.15, 0.2) is 0 Å². The molecule has 0 aromatic heterocycles. The van der Waals surface area contributed by atoms with Crippen LogP contribution in [0, 0.1) is 11.8 Å². The van der Waals surface area contributed by atoms with Crippen LogP contribution in [0.25, 0.3) is 0 Å². The number of benzene rings is 1. The summed E-state index contributed by atoms with van der Waals surface area (Å²) in [5.41, 5.74) is 1.28. The van der Waals surface area contributed by atoms with Crippen molar-refractivity contribution in [3.8, 4) is 0 Å². The third-order valence-electron chi connectivity index (χ3n) is 4.68. The zero-order valence-electron chi connectivity index (χ0n) is 14.2. The molecule has 1 aromatic rings. The minimum absolute atomic E-state index is 0.173. The summed E-state index contributed by atoms with van der Waals surface area (Å²) < 4.78 is 0. The zero-order chi connectivity index (χ0) is 15.7. The molecule has 0 bridgehead atoms. The summed E-state index contributed by atoms with van der Waals surface area (Å²) in [4.78, 5) is 0. The Morgan fingerprint density at radius 3 is 2.24 bits per heavy atom. The number of hydrogen-bond donors (Lipinski definition) is 2. The average Bonchev–Trinajstić information content (AvgIpc) is 2.53. The van der Waals surface area contributed by atoms with Gasteiger partial charge in [-0.3, -0.25) is 0 Å². The molecule has 0 saturated carbocycles. The standard InChI is InChI=1S/C19H33NO/c1-5-11-17(7-3)19(21)18(15(4)6-2)20-14-16-12-9-8-10-13-16/h8-10,12-13,15,17-21H,5-7,11,14H2,1-4H3. The van der Waals surface area contributed by atoms with Crippen LogP contribution in [-0.4, -0.2) is 17.3 Å². The first-order valence-electron chi connectivity index (χ1n) is 8.59. The predicted octanol–water partition coefficient (Wildman–Crippen LogP) is 4.38. The maximum absolute atomic E-state index is 10.8. The van der Waals surface area contributed by atoms with E-state index in [0.717, 1.165) is 32.2 Å². The molecule has 1 aromatic carbocycles. The lowest BCUT2D eigenvalue weighted by Crippen LogP contribution is -2.47. The summed E-state index contributed by atoms with van der Waals surface area (Å²) in [6.07, 6.45) is 4.13. The fourth-order valence-corrected chi connectivity index (χ4v) is 3.02. The number of aliphatic hydroxyl groups is 1. The first-order chi connectivity index (χ1) is 10.1. The van der Waals surface area contributed by atoms with Gasteiger partial charge in [-0.05, 0) is 23.8 Å². The molecule has 120 valence electrons. The second kappa shape index (κ2) is 9.97. The minimum atomic E-state index is -0.256. The molecule has 0 aliphatic heterocycles. The van der Waals surface area contributed by atoms with Gasteiger partial charge in [-0.2, -0.15) is 0 Å². The van der Waals surface area contributed by atoms with Crippen molar-refractivity contribution in [3.63, 3.8) is 0 Å². The van der Waals surface area contributed by atoms with Gasteiger partial charge < -0.3 is 10.4 Å². The maximum Gasteiger partial charge on any atom is 0.0723 e. The highest BCUT2D eigenvalue weighted by atomic mass is 16.3. The predicted molar refractivity (Wildman–Crippen MR) is 91.2 cm³/mol. The lowest BCUT2D eigenvalue weighted by molar-refractivity contribution is 0.0407. The molecule has 4 unspecified atom stereocenters. The zero-order valence-corrected chi connectivity index (χ0v) is 14.2. The molecule has 4 atom stereocenters. The topological polar surface area (TPSA) is 32.3 Å². The first kappa shape index (κ1) is 18.2. The monoisotopic (exact) mass is 291 g/mol. The fraction of sp³-hybridized carbons (Fsp3) is 0.684. The van der Waals surface area contributed by atoms with Gasteiger partial charge >= 0.3 is 0 Å². The number of aliphatic hydroxyl groups excluding tert-OH is 1. The van der Waals surface area contributed by atoms with Crippen LogP contribution in [0.3, 0.4) is 0 Å². The molecule has 2 N–H and O–H groups in total. The van der Waals surface area contributed by atoms with Crippen molar-refractivity contribution >= 4 is 0 Å². The molecule has 0 heterocycles.